The predicted molar refractivity (Wildman–Crippen MR) is 90.9 cm³/mol. The molecule has 3 nitrogen and oxygen atoms in total. The molecule has 0 spiro atoms. The number of fused-ring (bicyclic) bond motifs is 2. The Balaban J connectivity index is 1.52. The lowest BCUT2D eigenvalue weighted by Gasteiger charge is -2.45. The Morgan fingerprint density at radius 1 is 1.04 bits per heavy atom. The SMILES string of the molecule is C[C@H]1CCC[C@H](/C=C/[C@@H]2[C@@H]3CCCC[C@H]3C[C@H]3C(=O)OC[C@@H]23)N1. The molecular formula is C20H31NO2. The molecule has 4 aliphatic rings. The molecule has 0 aromatic heterocycles. The highest BCUT2D eigenvalue weighted by Crippen LogP contribution is 2.51. The minimum atomic E-state index is 0.0850. The molecule has 4 rings (SSSR count). The first-order chi connectivity index (χ1) is 11.2. The maximum absolute atomic E-state index is 12.1. The molecule has 0 radical (unpaired) electrons. The second-order valence-corrected chi connectivity index (χ2v) is 8.41. The van der Waals surface area contributed by atoms with Crippen molar-refractivity contribution >= 4 is 5.97 Å². The van der Waals surface area contributed by atoms with E-state index in [0.29, 0.717) is 30.5 Å². The molecule has 128 valence electrons. The minimum absolute atomic E-state index is 0.0850. The van der Waals surface area contributed by atoms with E-state index in [-0.39, 0.29) is 11.9 Å². The standard InChI is InChI=1S/C20H31NO2/c1-13-5-4-7-15(21-13)9-10-17-16-8-3-2-6-14(16)11-18-19(17)12-23-20(18)22/h9-10,13-19,21H,2-8,11-12H2,1H3/b10-9+/t13-,14-,15+,16+,17+,18+,19-/m0/s1. The fourth-order valence-corrected chi connectivity index (χ4v) is 5.78. The van der Waals surface area contributed by atoms with Crippen LogP contribution in [0.25, 0.3) is 0 Å². The third-order valence-electron chi connectivity index (χ3n) is 6.97. The van der Waals surface area contributed by atoms with E-state index in [0.717, 1.165) is 18.3 Å². The van der Waals surface area contributed by atoms with Gasteiger partial charge < -0.3 is 10.1 Å². The lowest BCUT2D eigenvalue weighted by molar-refractivity contribution is -0.142. The number of carbonyl (C=O) groups is 1. The van der Waals surface area contributed by atoms with Gasteiger partial charge in [0.05, 0.1) is 12.5 Å². The quantitative estimate of drug-likeness (QED) is 0.623. The summed E-state index contributed by atoms with van der Waals surface area (Å²) in [6.07, 6.45) is 15.3. The van der Waals surface area contributed by atoms with Gasteiger partial charge in [-0.15, -0.1) is 0 Å². The molecule has 2 aliphatic carbocycles. The molecule has 0 amide bonds. The van der Waals surface area contributed by atoms with Gasteiger partial charge in [0.25, 0.3) is 0 Å². The van der Waals surface area contributed by atoms with Gasteiger partial charge in [-0.25, -0.2) is 0 Å². The van der Waals surface area contributed by atoms with E-state index in [1.165, 1.54) is 44.9 Å². The van der Waals surface area contributed by atoms with Crippen molar-refractivity contribution in [1.82, 2.24) is 5.32 Å². The molecule has 2 saturated carbocycles. The summed E-state index contributed by atoms with van der Waals surface area (Å²) >= 11 is 0. The maximum atomic E-state index is 12.1. The van der Waals surface area contributed by atoms with Crippen molar-refractivity contribution < 1.29 is 9.53 Å². The molecule has 7 atom stereocenters. The van der Waals surface area contributed by atoms with Gasteiger partial charge in [-0.2, -0.15) is 0 Å². The molecule has 2 aliphatic heterocycles. The van der Waals surface area contributed by atoms with Crippen LogP contribution in [0.1, 0.15) is 58.3 Å². The molecule has 2 saturated heterocycles. The van der Waals surface area contributed by atoms with Crippen LogP contribution in [0, 0.1) is 29.6 Å². The number of esters is 1. The average molecular weight is 317 g/mol. The van der Waals surface area contributed by atoms with Crippen molar-refractivity contribution in [3.05, 3.63) is 12.2 Å². The van der Waals surface area contributed by atoms with Gasteiger partial charge in [0.1, 0.15) is 0 Å². The van der Waals surface area contributed by atoms with Gasteiger partial charge in [0, 0.05) is 18.0 Å². The van der Waals surface area contributed by atoms with E-state index in [1.54, 1.807) is 0 Å². The zero-order chi connectivity index (χ0) is 15.8. The number of hydrogen-bond acceptors (Lipinski definition) is 3. The van der Waals surface area contributed by atoms with Crippen LogP contribution in [0.15, 0.2) is 12.2 Å². The van der Waals surface area contributed by atoms with E-state index in [9.17, 15) is 4.79 Å². The fraction of sp³-hybridized carbons (Fsp3) is 0.850. The Morgan fingerprint density at radius 3 is 2.78 bits per heavy atom. The number of hydrogen-bond donors (Lipinski definition) is 1. The molecule has 0 unspecified atom stereocenters. The van der Waals surface area contributed by atoms with E-state index in [1.807, 2.05) is 0 Å². The molecule has 0 aromatic carbocycles. The molecule has 3 heteroatoms. The van der Waals surface area contributed by atoms with Crippen LogP contribution < -0.4 is 5.32 Å². The van der Waals surface area contributed by atoms with Crippen LogP contribution in [-0.2, 0) is 9.53 Å². The lowest BCUT2D eigenvalue weighted by atomic mass is 9.58. The number of carbonyl (C=O) groups excluding carboxylic acids is 1. The second kappa shape index (κ2) is 6.58. The molecule has 4 fully saturated rings. The van der Waals surface area contributed by atoms with Crippen LogP contribution in [0.4, 0.5) is 0 Å². The van der Waals surface area contributed by atoms with E-state index in [4.69, 9.17) is 4.74 Å². The molecule has 23 heavy (non-hydrogen) atoms. The average Bonchev–Trinajstić information content (AvgIpc) is 2.93. The topological polar surface area (TPSA) is 38.3 Å². The van der Waals surface area contributed by atoms with Crippen molar-refractivity contribution in [1.29, 1.82) is 0 Å². The van der Waals surface area contributed by atoms with Crippen LogP contribution >= 0.6 is 0 Å². The molecule has 0 aromatic rings. The monoisotopic (exact) mass is 317 g/mol. The first-order valence-corrected chi connectivity index (χ1v) is 9.83. The van der Waals surface area contributed by atoms with Crippen LogP contribution in [0.3, 0.4) is 0 Å². The van der Waals surface area contributed by atoms with Gasteiger partial charge in [0.2, 0.25) is 0 Å². The number of nitrogens with one attached hydrogen (secondary N) is 1. The third-order valence-corrected chi connectivity index (χ3v) is 6.97. The Hall–Kier alpha value is -0.830. The smallest absolute Gasteiger partial charge is 0.309 e. The van der Waals surface area contributed by atoms with Crippen molar-refractivity contribution in [3.63, 3.8) is 0 Å². The van der Waals surface area contributed by atoms with Crippen molar-refractivity contribution in [2.75, 3.05) is 6.61 Å². The normalized spacial score (nSPS) is 47.2. The van der Waals surface area contributed by atoms with Gasteiger partial charge in [-0.05, 0) is 50.4 Å². The number of ether oxygens (including phenoxy) is 1. The van der Waals surface area contributed by atoms with Crippen molar-refractivity contribution in [3.8, 4) is 0 Å². The lowest BCUT2D eigenvalue weighted by Crippen LogP contribution is -2.42. The summed E-state index contributed by atoms with van der Waals surface area (Å²) in [6, 6.07) is 1.16. The van der Waals surface area contributed by atoms with E-state index >= 15 is 0 Å². The summed E-state index contributed by atoms with van der Waals surface area (Å²) in [5.74, 6) is 2.81. The number of cyclic esters (lactones) is 1. The Kier molecular flexibility index (Phi) is 4.49. The Labute approximate surface area is 140 Å². The van der Waals surface area contributed by atoms with Crippen LogP contribution in [-0.4, -0.2) is 24.7 Å². The van der Waals surface area contributed by atoms with E-state index < -0.39 is 0 Å². The maximum Gasteiger partial charge on any atom is 0.309 e. The highest BCUT2D eigenvalue weighted by molar-refractivity contribution is 5.75. The minimum Gasteiger partial charge on any atom is -0.465 e. The highest BCUT2D eigenvalue weighted by atomic mass is 16.5. The summed E-state index contributed by atoms with van der Waals surface area (Å²) in [5, 5.41) is 3.71. The zero-order valence-electron chi connectivity index (χ0n) is 14.4. The summed E-state index contributed by atoms with van der Waals surface area (Å²) < 4.78 is 5.46. The zero-order valence-corrected chi connectivity index (χ0v) is 14.4. The Morgan fingerprint density at radius 2 is 1.91 bits per heavy atom. The predicted octanol–water partition coefficient (Wildman–Crippen LogP) is 3.69. The first-order valence-electron chi connectivity index (χ1n) is 9.83. The molecule has 2 heterocycles. The van der Waals surface area contributed by atoms with Crippen LogP contribution in [0.2, 0.25) is 0 Å². The van der Waals surface area contributed by atoms with Crippen molar-refractivity contribution in [2.45, 2.75) is 70.4 Å². The molecule has 1 N–H and O–H groups in total. The molecular weight excluding hydrogens is 286 g/mol. The summed E-state index contributed by atoms with van der Waals surface area (Å²) in [6.45, 7) is 2.95. The summed E-state index contributed by atoms with van der Waals surface area (Å²) in [5.41, 5.74) is 0. The Bertz CT molecular complexity index is 474. The fourth-order valence-electron chi connectivity index (χ4n) is 5.78. The summed E-state index contributed by atoms with van der Waals surface area (Å²) in [4.78, 5) is 12.1. The van der Waals surface area contributed by atoms with Crippen molar-refractivity contribution in [2.24, 2.45) is 29.6 Å². The molecule has 0 bridgehead atoms. The first kappa shape index (κ1) is 15.7. The number of rotatable bonds is 2. The van der Waals surface area contributed by atoms with Gasteiger partial charge in [-0.3, -0.25) is 4.79 Å². The van der Waals surface area contributed by atoms with E-state index in [2.05, 4.69) is 24.4 Å². The van der Waals surface area contributed by atoms with Gasteiger partial charge >= 0.3 is 5.97 Å². The largest absolute Gasteiger partial charge is 0.465 e. The van der Waals surface area contributed by atoms with Gasteiger partial charge in [-0.1, -0.05) is 37.8 Å². The van der Waals surface area contributed by atoms with Gasteiger partial charge in [0.15, 0.2) is 0 Å². The van der Waals surface area contributed by atoms with Crippen LogP contribution in [0.5, 0.6) is 0 Å². The second-order valence-electron chi connectivity index (χ2n) is 8.41. The highest BCUT2D eigenvalue weighted by Gasteiger charge is 2.50. The summed E-state index contributed by atoms with van der Waals surface area (Å²) in [7, 11) is 0. The third kappa shape index (κ3) is 3.09. The number of piperidine rings is 1. The number of allylic oxidation sites excluding steroid dienone is 1.